The topological polar surface area (TPSA) is 38.5 Å². The van der Waals surface area contributed by atoms with Crippen molar-refractivity contribution in [1.82, 2.24) is 0 Å². The number of hydrogen-bond acceptors (Lipinski definition) is 3. The van der Waals surface area contributed by atoms with Gasteiger partial charge in [0, 0.05) is 11.7 Å². The first-order valence-electron chi connectivity index (χ1n) is 7.60. The highest BCUT2D eigenvalue weighted by molar-refractivity contribution is 5.82. The Morgan fingerprint density at radius 3 is 2.71 bits per heavy atom. The van der Waals surface area contributed by atoms with Crippen molar-refractivity contribution in [3.05, 3.63) is 48.0 Å². The minimum Gasteiger partial charge on any atom is -0.491 e. The van der Waals surface area contributed by atoms with Crippen LogP contribution in [0.5, 0.6) is 5.75 Å². The summed E-state index contributed by atoms with van der Waals surface area (Å²) in [5, 5.41) is 0. The van der Waals surface area contributed by atoms with Crippen LogP contribution in [0.15, 0.2) is 42.5 Å². The molecule has 2 N–H and O–H groups in total. The average Bonchev–Trinajstić information content (AvgIpc) is 2.82. The molecule has 3 rings (SSSR count). The third-order valence-corrected chi connectivity index (χ3v) is 3.97. The molecule has 0 spiro atoms. The first-order valence-corrected chi connectivity index (χ1v) is 7.60. The van der Waals surface area contributed by atoms with E-state index < -0.39 is 0 Å². The number of para-hydroxylation sites is 2. The summed E-state index contributed by atoms with van der Waals surface area (Å²) in [7, 11) is 0. The Bertz CT molecular complexity index is 639. The third-order valence-electron chi connectivity index (χ3n) is 3.97. The number of benzene rings is 2. The van der Waals surface area contributed by atoms with Crippen molar-refractivity contribution in [2.75, 3.05) is 17.2 Å². The Kier molecular flexibility index (Phi) is 3.74. The highest BCUT2D eigenvalue weighted by Gasteiger charge is 2.28. The minimum atomic E-state index is 0.408. The van der Waals surface area contributed by atoms with Crippen molar-refractivity contribution in [1.29, 1.82) is 0 Å². The number of rotatable bonds is 4. The van der Waals surface area contributed by atoms with Crippen LogP contribution in [-0.2, 0) is 6.42 Å². The highest BCUT2D eigenvalue weighted by atomic mass is 16.5. The van der Waals surface area contributed by atoms with Crippen LogP contribution in [0, 0.1) is 0 Å². The molecule has 2 aromatic rings. The van der Waals surface area contributed by atoms with Crippen LogP contribution in [0.2, 0.25) is 0 Å². The van der Waals surface area contributed by atoms with Crippen molar-refractivity contribution >= 4 is 17.1 Å². The van der Waals surface area contributed by atoms with E-state index in [1.54, 1.807) is 0 Å². The van der Waals surface area contributed by atoms with Gasteiger partial charge in [-0.05, 0) is 43.5 Å². The lowest BCUT2D eigenvalue weighted by atomic mass is 10.1. The second kappa shape index (κ2) is 5.68. The fourth-order valence-corrected chi connectivity index (χ4v) is 3.01. The largest absolute Gasteiger partial charge is 0.491 e. The van der Waals surface area contributed by atoms with E-state index in [-0.39, 0.29) is 0 Å². The van der Waals surface area contributed by atoms with Gasteiger partial charge in [-0.1, -0.05) is 31.2 Å². The van der Waals surface area contributed by atoms with Crippen LogP contribution in [0.1, 0.15) is 25.8 Å². The molecule has 0 aliphatic carbocycles. The zero-order chi connectivity index (χ0) is 14.8. The van der Waals surface area contributed by atoms with E-state index in [0.717, 1.165) is 30.0 Å². The molecule has 3 heteroatoms. The van der Waals surface area contributed by atoms with Crippen molar-refractivity contribution in [3.63, 3.8) is 0 Å². The van der Waals surface area contributed by atoms with E-state index in [1.165, 1.54) is 11.3 Å². The molecular formula is C18H22N2O. The number of fused-ring (bicyclic) bond motifs is 1. The van der Waals surface area contributed by atoms with Gasteiger partial charge in [0.05, 0.1) is 18.0 Å². The van der Waals surface area contributed by atoms with Crippen molar-refractivity contribution in [3.8, 4) is 5.75 Å². The molecule has 1 aliphatic heterocycles. The first-order chi connectivity index (χ1) is 10.2. The molecule has 21 heavy (non-hydrogen) atoms. The van der Waals surface area contributed by atoms with Crippen LogP contribution in [0.25, 0.3) is 0 Å². The molecule has 0 saturated heterocycles. The summed E-state index contributed by atoms with van der Waals surface area (Å²) in [5.41, 5.74) is 10.8. The normalized spacial score (nSPS) is 16.9. The standard InChI is InChI=1S/C18H22N2O/c1-3-11-21-17-10-6-9-16(18(17)19)20-13(2)12-14-7-4-5-8-15(14)20/h4-10,13H,3,11-12,19H2,1-2H3. The molecule has 0 radical (unpaired) electrons. The lowest BCUT2D eigenvalue weighted by Gasteiger charge is -2.27. The summed E-state index contributed by atoms with van der Waals surface area (Å²) in [6.07, 6.45) is 2.03. The SMILES string of the molecule is CCCOc1cccc(N2c3ccccc3CC2C)c1N. The molecule has 2 aromatic carbocycles. The van der Waals surface area contributed by atoms with E-state index in [2.05, 4.69) is 49.1 Å². The maximum atomic E-state index is 6.36. The lowest BCUT2D eigenvalue weighted by molar-refractivity contribution is 0.319. The van der Waals surface area contributed by atoms with Gasteiger partial charge in [-0.15, -0.1) is 0 Å². The number of nitrogens with zero attached hydrogens (tertiary/aromatic N) is 1. The monoisotopic (exact) mass is 282 g/mol. The summed E-state index contributed by atoms with van der Waals surface area (Å²) in [4.78, 5) is 2.32. The van der Waals surface area contributed by atoms with Gasteiger partial charge in [-0.3, -0.25) is 0 Å². The maximum absolute atomic E-state index is 6.36. The molecular weight excluding hydrogens is 260 g/mol. The Labute approximate surface area is 126 Å². The van der Waals surface area contributed by atoms with Crippen molar-refractivity contribution in [2.24, 2.45) is 0 Å². The van der Waals surface area contributed by atoms with Crippen LogP contribution in [-0.4, -0.2) is 12.6 Å². The molecule has 110 valence electrons. The molecule has 1 unspecified atom stereocenters. The van der Waals surface area contributed by atoms with E-state index >= 15 is 0 Å². The maximum Gasteiger partial charge on any atom is 0.144 e. The van der Waals surface area contributed by atoms with Crippen LogP contribution in [0.4, 0.5) is 17.1 Å². The molecule has 3 nitrogen and oxygen atoms in total. The van der Waals surface area contributed by atoms with Gasteiger partial charge in [0.15, 0.2) is 0 Å². The summed E-state index contributed by atoms with van der Waals surface area (Å²) in [6.45, 7) is 5.03. The first kappa shape index (κ1) is 13.8. The molecule has 0 amide bonds. The van der Waals surface area contributed by atoms with Gasteiger partial charge >= 0.3 is 0 Å². The molecule has 1 aliphatic rings. The highest BCUT2D eigenvalue weighted by Crippen LogP contribution is 2.43. The predicted octanol–water partition coefficient (Wildman–Crippen LogP) is 4.14. The van der Waals surface area contributed by atoms with E-state index in [4.69, 9.17) is 10.5 Å². The van der Waals surface area contributed by atoms with Gasteiger partial charge in [0.2, 0.25) is 0 Å². The quantitative estimate of drug-likeness (QED) is 0.856. The Balaban J connectivity index is 2.01. The summed E-state index contributed by atoms with van der Waals surface area (Å²) >= 11 is 0. The number of ether oxygens (including phenoxy) is 1. The molecule has 0 fully saturated rings. The lowest BCUT2D eigenvalue weighted by Crippen LogP contribution is -2.24. The second-order valence-corrected chi connectivity index (χ2v) is 5.59. The molecule has 0 saturated carbocycles. The number of anilines is 3. The van der Waals surface area contributed by atoms with E-state index in [9.17, 15) is 0 Å². The Hall–Kier alpha value is -2.16. The van der Waals surface area contributed by atoms with Crippen LogP contribution < -0.4 is 15.4 Å². The molecule has 1 atom stereocenters. The smallest absolute Gasteiger partial charge is 0.144 e. The van der Waals surface area contributed by atoms with Gasteiger partial charge in [-0.2, -0.15) is 0 Å². The van der Waals surface area contributed by atoms with E-state index in [1.807, 2.05) is 12.1 Å². The van der Waals surface area contributed by atoms with E-state index in [0.29, 0.717) is 12.6 Å². The minimum absolute atomic E-state index is 0.408. The number of nitrogens with two attached hydrogens (primary N) is 1. The number of hydrogen-bond donors (Lipinski definition) is 1. The van der Waals surface area contributed by atoms with Crippen LogP contribution in [0.3, 0.4) is 0 Å². The van der Waals surface area contributed by atoms with Gasteiger partial charge in [0.1, 0.15) is 5.75 Å². The average molecular weight is 282 g/mol. The summed E-state index contributed by atoms with van der Waals surface area (Å²) < 4.78 is 5.76. The number of nitrogen functional groups attached to an aromatic ring is 1. The molecule has 0 bridgehead atoms. The van der Waals surface area contributed by atoms with Gasteiger partial charge < -0.3 is 15.4 Å². The Morgan fingerprint density at radius 2 is 1.90 bits per heavy atom. The second-order valence-electron chi connectivity index (χ2n) is 5.59. The zero-order valence-corrected chi connectivity index (χ0v) is 12.7. The zero-order valence-electron chi connectivity index (χ0n) is 12.7. The third kappa shape index (κ3) is 2.44. The fourth-order valence-electron chi connectivity index (χ4n) is 3.01. The van der Waals surface area contributed by atoms with Crippen LogP contribution >= 0.6 is 0 Å². The van der Waals surface area contributed by atoms with Crippen molar-refractivity contribution < 1.29 is 4.74 Å². The van der Waals surface area contributed by atoms with Crippen molar-refractivity contribution in [2.45, 2.75) is 32.7 Å². The predicted molar refractivity (Wildman–Crippen MR) is 88.4 cm³/mol. The molecule has 1 heterocycles. The summed E-state index contributed by atoms with van der Waals surface area (Å²) in [5.74, 6) is 0.783. The van der Waals surface area contributed by atoms with Gasteiger partial charge in [0.25, 0.3) is 0 Å². The molecule has 0 aromatic heterocycles. The fraction of sp³-hybridized carbons (Fsp3) is 0.333. The Morgan fingerprint density at radius 1 is 1.14 bits per heavy atom. The summed E-state index contributed by atoms with van der Waals surface area (Å²) in [6, 6.07) is 15.0. The van der Waals surface area contributed by atoms with Gasteiger partial charge in [-0.25, -0.2) is 0 Å².